The molecule has 2 rings (SSSR count). The molecule has 1 nitrogen and oxygen atoms in total. The highest BCUT2D eigenvalue weighted by Gasteiger charge is 2.32. The minimum absolute atomic E-state index is 0.589. The van der Waals surface area contributed by atoms with Gasteiger partial charge in [-0.25, -0.2) is 4.39 Å². The van der Waals surface area contributed by atoms with E-state index in [1.165, 1.54) is 32.1 Å². The van der Waals surface area contributed by atoms with E-state index in [-0.39, 0.29) is 0 Å². The number of rotatable bonds is 3. The lowest BCUT2D eigenvalue weighted by Crippen LogP contribution is -2.43. The Labute approximate surface area is 99.2 Å². The van der Waals surface area contributed by atoms with Crippen LogP contribution in [0.2, 0.25) is 0 Å². The van der Waals surface area contributed by atoms with Crippen LogP contribution in [0.5, 0.6) is 0 Å². The maximum Gasteiger partial charge on any atom is 0.123 e. The summed E-state index contributed by atoms with van der Waals surface area (Å²) < 4.78 is 14.3. The number of hydrogen-bond acceptors (Lipinski definition) is 1. The summed E-state index contributed by atoms with van der Waals surface area (Å²) in [5, 5.41) is 3.48. The van der Waals surface area contributed by atoms with Crippen LogP contribution < -0.4 is 5.32 Å². The second-order valence-corrected chi connectivity index (χ2v) is 6.05. The number of hydrogen-bond donors (Lipinski definition) is 1. The van der Waals surface area contributed by atoms with E-state index in [2.05, 4.69) is 12.2 Å². The Balaban J connectivity index is 1.70. The average molecular weight is 227 g/mol. The van der Waals surface area contributed by atoms with Crippen LogP contribution in [0.1, 0.15) is 64.7 Å². The molecule has 0 bridgehead atoms. The molecule has 0 unspecified atom stereocenters. The minimum Gasteiger partial charge on any atom is -0.311 e. The fraction of sp³-hybridized carbons (Fsp3) is 1.00. The zero-order valence-corrected chi connectivity index (χ0v) is 10.6. The van der Waals surface area contributed by atoms with E-state index in [9.17, 15) is 4.39 Å². The first-order valence-corrected chi connectivity index (χ1v) is 7.10. The van der Waals surface area contributed by atoms with Crippen LogP contribution in [0.25, 0.3) is 0 Å². The van der Waals surface area contributed by atoms with Gasteiger partial charge in [-0.2, -0.15) is 0 Å². The van der Waals surface area contributed by atoms with Gasteiger partial charge in [0.25, 0.3) is 0 Å². The van der Waals surface area contributed by atoms with E-state index in [1.807, 2.05) is 0 Å². The molecule has 1 N–H and O–H groups in total. The Morgan fingerprint density at radius 2 is 1.69 bits per heavy atom. The van der Waals surface area contributed by atoms with Gasteiger partial charge in [0.05, 0.1) is 0 Å². The van der Waals surface area contributed by atoms with Crippen molar-refractivity contribution < 1.29 is 4.39 Å². The summed E-state index contributed by atoms with van der Waals surface area (Å²) in [6, 6.07) is 0.589. The Kier molecular flexibility index (Phi) is 4.23. The van der Waals surface area contributed by atoms with Crippen molar-refractivity contribution in [2.24, 2.45) is 5.92 Å². The molecule has 0 amide bonds. The third-order valence-corrected chi connectivity index (χ3v) is 4.47. The second-order valence-electron chi connectivity index (χ2n) is 6.05. The molecule has 2 aliphatic rings. The molecule has 0 radical (unpaired) electrons. The molecule has 2 saturated carbocycles. The lowest BCUT2D eigenvalue weighted by molar-refractivity contribution is 0.0978. The summed E-state index contributed by atoms with van der Waals surface area (Å²) in [6.07, 6.45) is 10.1. The second kappa shape index (κ2) is 5.48. The van der Waals surface area contributed by atoms with Gasteiger partial charge in [-0.05, 0) is 44.4 Å². The summed E-state index contributed by atoms with van der Waals surface area (Å²) in [7, 11) is 0. The Hall–Kier alpha value is -0.110. The molecule has 0 aromatic heterocycles. The number of nitrogens with one attached hydrogen (secondary N) is 1. The first-order valence-electron chi connectivity index (χ1n) is 7.10. The number of alkyl halides is 1. The zero-order chi connectivity index (χ0) is 11.4. The van der Waals surface area contributed by atoms with Crippen molar-refractivity contribution >= 4 is 0 Å². The summed E-state index contributed by atoms with van der Waals surface area (Å²) >= 11 is 0. The van der Waals surface area contributed by atoms with E-state index in [0.29, 0.717) is 12.6 Å². The predicted molar refractivity (Wildman–Crippen MR) is 66.3 cm³/mol. The Bertz CT molecular complexity index is 203. The van der Waals surface area contributed by atoms with Gasteiger partial charge >= 0.3 is 0 Å². The molecule has 16 heavy (non-hydrogen) atoms. The molecule has 0 spiro atoms. The molecule has 2 heteroatoms. The van der Waals surface area contributed by atoms with Gasteiger partial charge in [-0.1, -0.05) is 26.2 Å². The molecular weight excluding hydrogens is 201 g/mol. The first kappa shape index (κ1) is 12.3. The lowest BCUT2D eigenvalue weighted by Gasteiger charge is -2.33. The van der Waals surface area contributed by atoms with E-state index in [1.54, 1.807) is 0 Å². The fourth-order valence-electron chi connectivity index (χ4n) is 3.15. The topological polar surface area (TPSA) is 12.0 Å². The normalized spacial score (nSPS) is 34.9. The molecule has 94 valence electrons. The third-order valence-electron chi connectivity index (χ3n) is 4.47. The maximum atomic E-state index is 14.3. The largest absolute Gasteiger partial charge is 0.311 e. The van der Waals surface area contributed by atoms with Crippen LogP contribution >= 0.6 is 0 Å². The van der Waals surface area contributed by atoms with Gasteiger partial charge in [0.15, 0.2) is 0 Å². The quantitative estimate of drug-likeness (QED) is 0.772. The van der Waals surface area contributed by atoms with Crippen molar-refractivity contribution in [3.63, 3.8) is 0 Å². The molecule has 0 atom stereocenters. The van der Waals surface area contributed by atoms with Crippen molar-refractivity contribution in [1.82, 2.24) is 5.32 Å². The van der Waals surface area contributed by atoms with E-state index in [0.717, 1.165) is 31.6 Å². The Morgan fingerprint density at radius 3 is 2.31 bits per heavy atom. The molecule has 0 aliphatic heterocycles. The summed E-state index contributed by atoms with van der Waals surface area (Å²) in [6.45, 7) is 2.93. The van der Waals surface area contributed by atoms with Crippen molar-refractivity contribution in [3.05, 3.63) is 0 Å². The highest BCUT2D eigenvalue weighted by atomic mass is 19.1. The molecule has 0 saturated heterocycles. The van der Waals surface area contributed by atoms with E-state index < -0.39 is 5.67 Å². The van der Waals surface area contributed by atoms with Gasteiger partial charge in [0, 0.05) is 12.6 Å². The maximum absolute atomic E-state index is 14.3. The predicted octanol–water partition coefficient (Wildman–Crippen LogP) is 3.83. The van der Waals surface area contributed by atoms with Crippen LogP contribution in [0.4, 0.5) is 4.39 Å². The van der Waals surface area contributed by atoms with Crippen molar-refractivity contribution in [2.75, 3.05) is 6.54 Å². The van der Waals surface area contributed by atoms with Crippen molar-refractivity contribution in [2.45, 2.75) is 76.4 Å². The molecule has 2 fully saturated rings. The number of halogens is 1. The molecule has 0 aromatic carbocycles. The first-order chi connectivity index (χ1) is 7.68. The van der Waals surface area contributed by atoms with Crippen molar-refractivity contribution in [1.29, 1.82) is 0 Å². The van der Waals surface area contributed by atoms with Crippen LogP contribution in [-0.4, -0.2) is 18.3 Å². The molecule has 2 aliphatic carbocycles. The van der Waals surface area contributed by atoms with Crippen LogP contribution in [0.3, 0.4) is 0 Å². The SMILES string of the molecule is CC1CCC(NCC2(F)CCCCC2)CC1. The van der Waals surface area contributed by atoms with Gasteiger partial charge in [-0.15, -0.1) is 0 Å². The van der Waals surface area contributed by atoms with Gasteiger partial charge in [0.1, 0.15) is 5.67 Å². The molecular formula is C14H26FN. The molecule has 0 aromatic rings. The van der Waals surface area contributed by atoms with Crippen molar-refractivity contribution in [3.8, 4) is 0 Å². The van der Waals surface area contributed by atoms with Crippen LogP contribution in [0.15, 0.2) is 0 Å². The van der Waals surface area contributed by atoms with Gasteiger partial charge in [-0.3, -0.25) is 0 Å². The highest BCUT2D eigenvalue weighted by Crippen LogP contribution is 2.32. The summed E-state index contributed by atoms with van der Waals surface area (Å²) in [5.74, 6) is 0.882. The highest BCUT2D eigenvalue weighted by molar-refractivity contribution is 4.87. The molecule has 0 heterocycles. The Morgan fingerprint density at radius 1 is 1.06 bits per heavy atom. The standard InChI is InChI=1S/C14H26FN/c1-12-5-7-13(8-6-12)16-11-14(15)9-3-2-4-10-14/h12-13,16H,2-11H2,1H3. The zero-order valence-electron chi connectivity index (χ0n) is 10.6. The minimum atomic E-state index is -0.888. The summed E-state index contributed by atoms with van der Waals surface area (Å²) in [4.78, 5) is 0. The third kappa shape index (κ3) is 3.44. The van der Waals surface area contributed by atoms with Crippen LogP contribution in [-0.2, 0) is 0 Å². The summed E-state index contributed by atoms with van der Waals surface area (Å²) in [5.41, 5.74) is -0.888. The average Bonchev–Trinajstić information content (AvgIpc) is 2.29. The van der Waals surface area contributed by atoms with Crippen LogP contribution in [0, 0.1) is 5.92 Å². The fourth-order valence-corrected chi connectivity index (χ4v) is 3.15. The van der Waals surface area contributed by atoms with Gasteiger partial charge < -0.3 is 5.32 Å². The smallest absolute Gasteiger partial charge is 0.123 e. The van der Waals surface area contributed by atoms with Gasteiger partial charge in [0.2, 0.25) is 0 Å². The monoisotopic (exact) mass is 227 g/mol. The van der Waals surface area contributed by atoms with E-state index >= 15 is 0 Å². The lowest BCUT2D eigenvalue weighted by atomic mass is 9.84. The van der Waals surface area contributed by atoms with E-state index in [4.69, 9.17) is 0 Å².